The Morgan fingerprint density at radius 2 is 2.35 bits per heavy atom. The molecule has 0 bridgehead atoms. The van der Waals surface area contributed by atoms with Crippen LogP contribution in [0.1, 0.15) is 36.5 Å². The van der Waals surface area contributed by atoms with Gasteiger partial charge in [0.25, 0.3) is 5.91 Å². The highest BCUT2D eigenvalue weighted by Crippen LogP contribution is 2.20. The van der Waals surface area contributed by atoms with Crippen molar-refractivity contribution in [3.63, 3.8) is 0 Å². The monoisotopic (exact) mass is 237 g/mol. The average molecular weight is 237 g/mol. The largest absolute Gasteiger partial charge is 0.368 e. The number of rotatable bonds is 4. The summed E-state index contributed by atoms with van der Waals surface area (Å²) in [5, 5.41) is 5.59. The van der Waals surface area contributed by atoms with Gasteiger partial charge in [-0.25, -0.2) is 9.37 Å². The predicted molar refractivity (Wildman–Crippen MR) is 63.5 cm³/mol. The summed E-state index contributed by atoms with van der Waals surface area (Å²) in [7, 11) is 0. The maximum Gasteiger partial charge on any atom is 0.254 e. The number of aromatic nitrogens is 1. The molecule has 1 aliphatic rings. The molecule has 2 rings (SSSR count). The first kappa shape index (κ1) is 11.8. The Kier molecular flexibility index (Phi) is 3.56. The van der Waals surface area contributed by atoms with Crippen molar-refractivity contribution in [2.75, 3.05) is 11.9 Å². The first-order valence-electron chi connectivity index (χ1n) is 5.91. The molecule has 1 aliphatic carbocycles. The van der Waals surface area contributed by atoms with E-state index in [9.17, 15) is 9.18 Å². The molecule has 4 nitrogen and oxygen atoms in total. The van der Waals surface area contributed by atoms with Crippen LogP contribution < -0.4 is 10.6 Å². The average Bonchev–Trinajstić information content (AvgIpc) is 2.26. The third kappa shape index (κ3) is 2.54. The summed E-state index contributed by atoms with van der Waals surface area (Å²) < 4.78 is 13.9. The lowest BCUT2D eigenvalue weighted by molar-refractivity contribution is 0.0913. The molecule has 0 radical (unpaired) electrons. The molecule has 0 spiro atoms. The highest BCUT2D eigenvalue weighted by atomic mass is 19.1. The molecular weight excluding hydrogens is 221 g/mol. The molecule has 1 aromatic heterocycles. The van der Waals surface area contributed by atoms with Gasteiger partial charge in [-0.1, -0.05) is 0 Å². The Morgan fingerprint density at radius 3 is 2.94 bits per heavy atom. The van der Waals surface area contributed by atoms with Crippen LogP contribution in [0.4, 0.5) is 10.2 Å². The SMILES string of the molecule is CCNc1nccc(C(=O)NC2CCC2)c1F. The van der Waals surface area contributed by atoms with Gasteiger partial charge in [0.15, 0.2) is 11.6 Å². The van der Waals surface area contributed by atoms with Crippen molar-refractivity contribution in [2.24, 2.45) is 0 Å². The Balaban J connectivity index is 2.13. The molecule has 17 heavy (non-hydrogen) atoms. The second kappa shape index (κ2) is 5.12. The smallest absolute Gasteiger partial charge is 0.254 e. The Labute approximate surface area is 99.6 Å². The summed E-state index contributed by atoms with van der Waals surface area (Å²) >= 11 is 0. The van der Waals surface area contributed by atoms with Gasteiger partial charge in [-0.3, -0.25) is 4.79 Å². The van der Waals surface area contributed by atoms with E-state index in [0.717, 1.165) is 19.3 Å². The fraction of sp³-hybridized carbons (Fsp3) is 0.500. The van der Waals surface area contributed by atoms with E-state index in [2.05, 4.69) is 15.6 Å². The zero-order valence-corrected chi connectivity index (χ0v) is 9.79. The Hall–Kier alpha value is -1.65. The number of halogens is 1. The van der Waals surface area contributed by atoms with Crippen LogP contribution in [-0.2, 0) is 0 Å². The van der Waals surface area contributed by atoms with Crippen LogP contribution in [0.5, 0.6) is 0 Å². The second-order valence-corrected chi connectivity index (χ2v) is 4.15. The van der Waals surface area contributed by atoms with Crippen molar-refractivity contribution < 1.29 is 9.18 Å². The van der Waals surface area contributed by atoms with E-state index in [0.29, 0.717) is 6.54 Å². The van der Waals surface area contributed by atoms with E-state index in [1.165, 1.54) is 12.3 Å². The van der Waals surface area contributed by atoms with Gasteiger partial charge in [0.2, 0.25) is 0 Å². The fourth-order valence-electron chi connectivity index (χ4n) is 1.73. The van der Waals surface area contributed by atoms with Crippen LogP contribution in [0.3, 0.4) is 0 Å². The quantitative estimate of drug-likeness (QED) is 0.841. The van der Waals surface area contributed by atoms with Crippen molar-refractivity contribution in [1.29, 1.82) is 0 Å². The van der Waals surface area contributed by atoms with Crippen molar-refractivity contribution in [3.8, 4) is 0 Å². The molecule has 5 heteroatoms. The molecule has 1 amide bonds. The predicted octanol–water partition coefficient (Wildman–Crippen LogP) is 1.93. The summed E-state index contributed by atoms with van der Waals surface area (Å²) in [6, 6.07) is 1.61. The highest BCUT2D eigenvalue weighted by Gasteiger charge is 2.22. The van der Waals surface area contributed by atoms with E-state index in [-0.39, 0.29) is 23.3 Å². The Morgan fingerprint density at radius 1 is 1.59 bits per heavy atom. The lowest BCUT2D eigenvalue weighted by atomic mass is 9.93. The summed E-state index contributed by atoms with van der Waals surface area (Å²) in [5.74, 6) is -0.798. The highest BCUT2D eigenvalue weighted by molar-refractivity contribution is 5.95. The van der Waals surface area contributed by atoms with Crippen LogP contribution >= 0.6 is 0 Å². The van der Waals surface area contributed by atoms with E-state index < -0.39 is 5.82 Å². The molecule has 1 aromatic rings. The molecule has 0 aliphatic heterocycles. The van der Waals surface area contributed by atoms with Gasteiger partial charge in [0, 0.05) is 18.8 Å². The third-order valence-electron chi connectivity index (χ3n) is 2.92. The maximum absolute atomic E-state index is 13.9. The fourth-order valence-corrected chi connectivity index (χ4v) is 1.73. The molecule has 0 saturated heterocycles. The number of nitrogens with zero attached hydrogens (tertiary/aromatic N) is 1. The third-order valence-corrected chi connectivity index (χ3v) is 2.92. The second-order valence-electron chi connectivity index (χ2n) is 4.15. The first-order chi connectivity index (χ1) is 8.22. The maximum atomic E-state index is 13.9. The van der Waals surface area contributed by atoms with E-state index in [4.69, 9.17) is 0 Å². The van der Waals surface area contributed by atoms with Gasteiger partial charge < -0.3 is 10.6 Å². The number of pyridine rings is 1. The van der Waals surface area contributed by atoms with Gasteiger partial charge >= 0.3 is 0 Å². The van der Waals surface area contributed by atoms with E-state index >= 15 is 0 Å². The minimum atomic E-state index is -0.578. The van der Waals surface area contributed by atoms with Crippen molar-refractivity contribution in [3.05, 3.63) is 23.6 Å². The standard InChI is InChI=1S/C12H16FN3O/c1-2-14-11-10(13)9(6-7-15-11)12(17)16-8-4-3-5-8/h6-8H,2-5H2,1H3,(H,14,15)(H,16,17). The van der Waals surface area contributed by atoms with Crippen LogP contribution in [0.25, 0.3) is 0 Å². The van der Waals surface area contributed by atoms with Gasteiger partial charge in [0.05, 0.1) is 5.56 Å². The van der Waals surface area contributed by atoms with Crippen LogP contribution in [0.2, 0.25) is 0 Å². The minimum absolute atomic E-state index is 0.0582. The summed E-state index contributed by atoms with van der Waals surface area (Å²) in [5.41, 5.74) is 0.0582. The number of carbonyl (C=O) groups is 1. The minimum Gasteiger partial charge on any atom is -0.368 e. The number of nitrogens with one attached hydrogen (secondary N) is 2. The molecule has 1 fully saturated rings. The molecule has 1 saturated carbocycles. The summed E-state index contributed by atoms with van der Waals surface area (Å²) in [6.07, 6.45) is 4.54. The van der Waals surface area contributed by atoms with Crippen LogP contribution in [0.15, 0.2) is 12.3 Å². The molecule has 0 aromatic carbocycles. The van der Waals surface area contributed by atoms with Gasteiger partial charge in [-0.15, -0.1) is 0 Å². The lowest BCUT2D eigenvalue weighted by Gasteiger charge is -2.26. The molecule has 0 unspecified atom stereocenters. The topological polar surface area (TPSA) is 54.0 Å². The molecule has 0 atom stereocenters. The van der Waals surface area contributed by atoms with Gasteiger partial charge in [0.1, 0.15) is 0 Å². The zero-order valence-electron chi connectivity index (χ0n) is 9.79. The summed E-state index contributed by atoms with van der Waals surface area (Å²) in [4.78, 5) is 15.7. The zero-order chi connectivity index (χ0) is 12.3. The van der Waals surface area contributed by atoms with Gasteiger partial charge in [-0.05, 0) is 32.3 Å². The molecular formula is C12H16FN3O. The molecule has 1 heterocycles. The molecule has 2 N–H and O–H groups in total. The van der Waals surface area contributed by atoms with Crippen LogP contribution in [-0.4, -0.2) is 23.5 Å². The lowest BCUT2D eigenvalue weighted by Crippen LogP contribution is -2.39. The van der Waals surface area contributed by atoms with Crippen molar-refractivity contribution in [2.45, 2.75) is 32.2 Å². The summed E-state index contributed by atoms with van der Waals surface area (Å²) in [6.45, 7) is 2.42. The van der Waals surface area contributed by atoms with Crippen LogP contribution in [0, 0.1) is 5.82 Å². The number of carbonyl (C=O) groups excluding carboxylic acids is 1. The van der Waals surface area contributed by atoms with Gasteiger partial charge in [-0.2, -0.15) is 0 Å². The molecule has 92 valence electrons. The Bertz CT molecular complexity index is 418. The van der Waals surface area contributed by atoms with E-state index in [1.807, 2.05) is 6.92 Å². The normalized spacial score (nSPS) is 15.2. The first-order valence-corrected chi connectivity index (χ1v) is 5.91. The van der Waals surface area contributed by atoms with Crippen molar-refractivity contribution >= 4 is 11.7 Å². The number of amides is 1. The number of anilines is 1. The van der Waals surface area contributed by atoms with E-state index in [1.54, 1.807) is 0 Å². The number of hydrogen-bond donors (Lipinski definition) is 2. The van der Waals surface area contributed by atoms with Crippen molar-refractivity contribution in [1.82, 2.24) is 10.3 Å². The number of hydrogen-bond acceptors (Lipinski definition) is 3.